The molecule has 0 saturated carbocycles. The van der Waals surface area contributed by atoms with Crippen molar-refractivity contribution in [1.29, 1.82) is 0 Å². The van der Waals surface area contributed by atoms with E-state index in [1.54, 1.807) is 4.68 Å². The van der Waals surface area contributed by atoms with Gasteiger partial charge in [-0.05, 0) is 57.4 Å². The molecule has 28 heavy (non-hydrogen) atoms. The van der Waals surface area contributed by atoms with Crippen LogP contribution in [0.25, 0.3) is 5.69 Å². The van der Waals surface area contributed by atoms with Gasteiger partial charge in [-0.1, -0.05) is 18.5 Å². The Morgan fingerprint density at radius 2 is 1.82 bits per heavy atom. The third kappa shape index (κ3) is 4.22. The second kappa shape index (κ2) is 8.78. The number of halogens is 1. The summed E-state index contributed by atoms with van der Waals surface area (Å²) in [5.74, 6) is 0.126. The van der Waals surface area contributed by atoms with E-state index in [9.17, 15) is 9.59 Å². The zero-order chi connectivity index (χ0) is 20.3. The van der Waals surface area contributed by atoms with Crippen LogP contribution in [0.15, 0.2) is 24.3 Å². The van der Waals surface area contributed by atoms with Gasteiger partial charge in [0.1, 0.15) is 0 Å². The Balaban J connectivity index is 1.62. The summed E-state index contributed by atoms with van der Waals surface area (Å²) in [5, 5.41) is 8.05. The van der Waals surface area contributed by atoms with Crippen molar-refractivity contribution in [3.63, 3.8) is 0 Å². The van der Waals surface area contributed by atoms with Crippen molar-refractivity contribution in [2.75, 3.05) is 19.6 Å². The second-order valence-corrected chi connectivity index (χ2v) is 7.68. The highest BCUT2D eigenvalue weighted by Crippen LogP contribution is 2.23. The Kier molecular flexibility index (Phi) is 6.39. The van der Waals surface area contributed by atoms with Crippen LogP contribution < -0.4 is 5.32 Å². The van der Waals surface area contributed by atoms with Gasteiger partial charge >= 0.3 is 0 Å². The van der Waals surface area contributed by atoms with Gasteiger partial charge in [-0.3, -0.25) is 9.59 Å². The van der Waals surface area contributed by atoms with Gasteiger partial charge in [0.05, 0.1) is 22.1 Å². The van der Waals surface area contributed by atoms with E-state index in [0.717, 1.165) is 23.5 Å². The number of piperidine rings is 1. The van der Waals surface area contributed by atoms with Crippen molar-refractivity contribution < 1.29 is 9.59 Å². The van der Waals surface area contributed by atoms with Crippen molar-refractivity contribution in [3.8, 4) is 5.69 Å². The SMILES string of the molecule is CCCNC(=O)C1CCN(C(=O)c2ccc(-n3nc(C)c(Cl)c3C)cc2)CC1. The first-order valence-corrected chi connectivity index (χ1v) is 10.2. The van der Waals surface area contributed by atoms with Crippen LogP contribution in [0.3, 0.4) is 0 Å². The molecular weight excluding hydrogens is 376 g/mol. The number of aromatic nitrogens is 2. The van der Waals surface area contributed by atoms with Crippen molar-refractivity contribution in [2.24, 2.45) is 5.92 Å². The van der Waals surface area contributed by atoms with Crippen molar-refractivity contribution >= 4 is 23.4 Å². The van der Waals surface area contributed by atoms with Crippen LogP contribution in [0.4, 0.5) is 0 Å². The fourth-order valence-corrected chi connectivity index (χ4v) is 3.66. The summed E-state index contributed by atoms with van der Waals surface area (Å²) in [7, 11) is 0. The van der Waals surface area contributed by atoms with E-state index in [1.165, 1.54) is 0 Å². The first-order chi connectivity index (χ1) is 13.4. The Morgan fingerprint density at radius 3 is 2.36 bits per heavy atom. The van der Waals surface area contributed by atoms with Gasteiger partial charge in [0.15, 0.2) is 0 Å². The van der Waals surface area contributed by atoms with Crippen LogP contribution in [0.2, 0.25) is 5.02 Å². The number of carbonyl (C=O) groups excluding carboxylic acids is 2. The maximum atomic E-state index is 12.8. The Morgan fingerprint density at radius 1 is 1.18 bits per heavy atom. The molecule has 0 bridgehead atoms. The average Bonchev–Trinajstić information content (AvgIpc) is 2.99. The molecule has 0 atom stereocenters. The van der Waals surface area contributed by atoms with Crippen LogP contribution in [-0.2, 0) is 4.79 Å². The van der Waals surface area contributed by atoms with Gasteiger partial charge < -0.3 is 10.2 Å². The summed E-state index contributed by atoms with van der Waals surface area (Å²) in [6, 6.07) is 7.41. The van der Waals surface area contributed by atoms with E-state index in [2.05, 4.69) is 10.4 Å². The molecule has 2 amide bonds. The zero-order valence-corrected chi connectivity index (χ0v) is 17.4. The third-order valence-electron chi connectivity index (χ3n) is 5.26. The quantitative estimate of drug-likeness (QED) is 0.831. The fourth-order valence-electron chi connectivity index (χ4n) is 3.54. The fraction of sp³-hybridized carbons (Fsp3) is 0.476. The van der Waals surface area contributed by atoms with E-state index in [0.29, 0.717) is 43.1 Å². The molecule has 6 nitrogen and oxygen atoms in total. The lowest BCUT2D eigenvalue weighted by atomic mass is 9.95. The Labute approximate surface area is 170 Å². The topological polar surface area (TPSA) is 67.2 Å². The lowest BCUT2D eigenvalue weighted by Crippen LogP contribution is -2.43. The van der Waals surface area contributed by atoms with Crippen LogP contribution >= 0.6 is 11.6 Å². The number of nitrogens with one attached hydrogen (secondary N) is 1. The van der Waals surface area contributed by atoms with Crippen molar-refractivity contribution in [3.05, 3.63) is 46.2 Å². The molecule has 150 valence electrons. The average molecular weight is 403 g/mol. The number of amides is 2. The number of hydrogen-bond acceptors (Lipinski definition) is 3. The number of hydrogen-bond donors (Lipinski definition) is 1. The molecule has 1 aliphatic rings. The normalized spacial score (nSPS) is 14.9. The van der Waals surface area contributed by atoms with Crippen molar-refractivity contribution in [1.82, 2.24) is 20.0 Å². The molecule has 2 heterocycles. The maximum absolute atomic E-state index is 12.8. The Hall–Kier alpha value is -2.34. The highest BCUT2D eigenvalue weighted by molar-refractivity contribution is 6.31. The number of nitrogens with zero attached hydrogens (tertiary/aromatic N) is 3. The molecule has 1 aliphatic heterocycles. The maximum Gasteiger partial charge on any atom is 0.253 e. The predicted octanol–water partition coefficient (Wildman–Crippen LogP) is 3.52. The largest absolute Gasteiger partial charge is 0.356 e. The monoisotopic (exact) mass is 402 g/mol. The number of rotatable bonds is 5. The van der Waals surface area contributed by atoms with E-state index in [4.69, 9.17) is 11.6 Å². The highest BCUT2D eigenvalue weighted by atomic mass is 35.5. The number of carbonyl (C=O) groups is 2. The van der Waals surface area contributed by atoms with Crippen LogP contribution in [0.5, 0.6) is 0 Å². The number of likely N-dealkylation sites (tertiary alicyclic amines) is 1. The van der Waals surface area contributed by atoms with E-state index in [1.807, 2.05) is 49.9 Å². The summed E-state index contributed by atoms with van der Waals surface area (Å²) in [6.07, 6.45) is 2.36. The van der Waals surface area contributed by atoms with Crippen LogP contribution in [0, 0.1) is 19.8 Å². The summed E-state index contributed by atoms with van der Waals surface area (Å²) < 4.78 is 1.78. The van der Waals surface area contributed by atoms with E-state index in [-0.39, 0.29) is 17.7 Å². The third-order valence-corrected chi connectivity index (χ3v) is 5.81. The molecular formula is C21H27ClN4O2. The molecule has 1 aromatic carbocycles. The van der Waals surface area contributed by atoms with Crippen molar-refractivity contribution in [2.45, 2.75) is 40.0 Å². The molecule has 3 rings (SSSR count). The Bertz CT molecular complexity index is 852. The van der Waals surface area contributed by atoms with Gasteiger partial charge in [-0.25, -0.2) is 4.68 Å². The molecule has 1 aromatic heterocycles. The minimum Gasteiger partial charge on any atom is -0.356 e. The molecule has 7 heteroatoms. The lowest BCUT2D eigenvalue weighted by molar-refractivity contribution is -0.126. The molecule has 2 aromatic rings. The second-order valence-electron chi connectivity index (χ2n) is 7.30. The lowest BCUT2D eigenvalue weighted by Gasteiger charge is -2.31. The van der Waals surface area contributed by atoms with Gasteiger partial charge in [-0.15, -0.1) is 0 Å². The summed E-state index contributed by atoms with van der Waals surface area (Å²) >= 11 is 6.22. The standard InChI is InChI=1S/C21H27ClN4O2/c1-4-11-23-20(27)16-9-12-25(13-10-16)21(28)17-5-7-18(8-6-17)26-15(3)19(22)14(2)24-26/h5-8,16H,4,9-13H2,1-3H3,(H,23,27). The highest BCUT2D eigenvalue weighted by Gasteiger charge is 2.27. The smallest absolute Gasteiger partial charge is 0.253 e. The summed E-state index contributed by atoms with van der Waals surface area (Å²) in [6.45, 7) is 7.76. The molecule has 1 saturated heterocycles. The number of aryl methyl sites for hydroxylation is 1. The summed E-state index contributed by atoms with van der Waals surface area (Å²) in [5.41, 5.74) is 3.17. The van der Waals surface area contributed by atoms with Gasteiger partial charge in [0.2, 0.25) is 5.91 Å². The van der Waals surface area contributed by atoms with Gasteiger partial charge in [0, 0.05) is 31.1 Å². The zero-order valence-electron chi connectivity index (χ0n) is 16.7. The molecule has 0 spiro atoms. The van der Waals surface area contributed by atoms with Crippen LogP contribution in [-0.4, -0.2) is 46.1 Å². The molecule has 0 aliphatic carbocycles. The molecule has 1 N–H and O–H groups in total. The van der Waals surface area contributed by atoms with E-state index < -0.39 is 0 Å². The van der Waals surface area contributed by atoms with E-state index >= 15 is 0 Å². The first kappa shape index (κ1) is 20.4. The predicted molar refractivity (Wildman–Crippen MR) is 110 cm³/mol. The summed E-state index contributed by atoms with van der Waals surface area (Å²) in [4.78, 5) is 26.7. The van der Waals surface area contributed by atoms with Gasteiger partial charge in [0.25, 0.3) is 5.91 Å². The van der Waals surface area contributed by atoms with Crippen LogP contribution in [0.1, 0.15) is 47.9 Å². The minimum absolute atomic E-state index is 0.00497. The first-order valence-electron chi connectivity index (χ1n) is 9.81. The minimum atomic E-state index is 0.00497. The molecule has 0 unspecified atom stereocenters. The molecule has 1 fully saturated rings. The number of benzene rings is 1. The molecule has 0 radical (unpaired) electrons. The van der Waals surface area contributed by atoms with Gasteiger partial charge in [-0.2, -0.15) is 5.10 Å².